The molecule has 16 heteroatoms. The van der Waals surface area contributed by atoms with Crippen LogP contribution in [-0.2, 0) is 0 Å². The summed E-state index contributed by atoms with van der Waals surface area (Å²) in [5.41, 5.74) is -2.34. The Balaban J connectivity index is 2.02. The molecular weight excluding hydrogens is 659 g/mol. The van der Waals surface area contributed by atoms with E-state index in [2.05, 4.69) is 20.9 Å². The molecule has 0 aliphatic carbocycles. The predicted molar refractivity (Wildman–Crippen MR) is 161 cm³/mol. The van der Waals surface area contributed by atoms with E-state index >= 15 is 0 Å². The highest BCUT2D eigenvalue weighted by Crippen LogP contribution is 2.41. The number of ketones is 1. The highest BCUT2D eigenvalue weighted by Gasteiger charge is 2.32. The maximum atomic E-state index is 13.6. The minimum absolute atomic E-state index is 0.00474. The van der Waals surface area contributed by atoms with Crippen LogP contribution in [0.25, 0.3) is 33.6 Å². The number of nitriles is 1. The van der Waals surface area contributed by atoms with Crippen LogP contribution in [0, 0.1) is 22.6 Å². The van der Waals surface area contributed by atoms with Gasteiger partial charge >= 0.3 is 12.4 Å². The second-order valence-corrected chi connectivity index (χ2v) is 11.5. The van der Waals surface area contributed by atoms with Gasteiger partial charge < -0.3 is 20.4 Å². The molecule has 2 heterocycles. The molecule has 8 nitrogen and oxygen atoms in total. The molecule has 0 saturated carbocycles. The number of hydrogen-bond acceptors (Lipinski definition) is 7. The standard InChI is InChI=1S/C31H25ClF7N5O3/c1-29(2,12-40)11-22(45)19-8-16(9-21(32)24(19)42-13-30(34,35)36)18-10-20-23(27(46)41-3)25(15-4-6-17(33)7-5-15)47-28(20)44-26(18)43-14-31(37,38)39/h4-10,42H,11,13-14H2,1-3H3,(H,41,46)(H,43,44). The van der Waals surface area contributed by atoms with Crippen LogP contribution in [0.3, 0.4) is 0 Å². The van der Waals surface area contributed by atoms with E-state index < -0.39 is 71.3 Å². The molecular formula is C31H25ClF7N5O3. The third-order valence-electron chi connectivity index (χ3n) is 6.77. The summed E-state index contributed by atoms with van der Waals surface area (Å²) in [5.74, 6) is -2.56. The Morgan fingerprint density at radius 3 is 2.15 bits per heavy atom. The summed E-state index contributed by atoms with van der Waals surface area (Å²) in [4.78, 5) is 30.7. The fourth-order valence-corrected chi connectivity index (χ4v) is 4.89. The van der Waals surface area contributed by atoms with Gasteiger partial charge in [-0.3, -0.25) is 9.59 Å². The van der Waals surface area contributed by atoms with E-state index in [0.29, 0.717) is 0 Å². The van der Waals surface area contributed by atoms with Crippen LogP contribution < -0.4 is 16.0 Å². The third-order valence-corrected chi connectivity index (χ3v) is 7.07. The zero-order valence-electron chi connectivity index (χ0n) is 24.8. The lowest BCUT2D eigenvalue weighted by Gasteiger charge is -2.20. The number of benzene rings is 2. The van der Waals surface area contributed by atoms with Crippen LogP contribution in [0.2, 0.25) is 5.02 Å². The fraction of sp³-hybridized carbons (Fsp3) is 0.290. The second-order valence-electron chi connectivity index (χ2n) is 11.0. The molecule has 0 saturated heterocycles. The number of Topliss-reactive ketones (excluding diaryl/α,β-unsaturated/α-hetero) is 1. The topological polar surface area (TPSA) is 120 Å². The molecule has 0 spiro atoms. The molecule has 2 aromatic heterocycles. The predicted octanol–water partition coefficient (Wildman–Crippen LogP) is 8.38. The molecule has 0 bridgehead atoms. The molecule has 0 fully saturated rings. The summed E-state index contributed by atoms with van der Waals surface area (Å²) >= 11 is 6.40. The van der Waals surface area contributed by atoms with Gasteiger partial charge in [-0.05, 0) is 61.9 Å². The normalized spacial score (nSPS) is 12.1. The average Bonchev–Trinajstić information content (AvgIpc) is 3.35. The van der Waals surface area contributed by atoms with Crippen LogP contribution in [0.1, 0.15) is 41.0 Å². The molecule has 1 amide bonds. The summed E-state index contributed by atoms with van der Waals surface area (Å²) in [6.45, 7) is -0.272. The minimum atomic E-state index is -4.73. The van der Waals surface area contributed by atoms with Gasteiger partial charge in [0.2, 0.25) is 5.71 Å². The first kappa shape index (κ1) is 35.0. The summed E-state index contributed by atoms with van der Waals surface area (Å²) < 4.78 is 98.8. The second kappa shape index (κ2) is 13.1. The van der Waals surface area contributed by atoms with Crippen LogP contribution in [0.5, 0.6) is 0 Å². The van der Waals surface area contributed by atoms with E-state index in [4.69, 9.17) is 16.0 Å². The highest BCUT2D eigenvalue weighted by molar-refractivity contribution is 6.34. The number of alkyl halides is 6. The van der Waals surface area contributed by atoms with Gasteiger partial charge in [-0.25, -0.2) is 4.39 Å². The van der Waals surface area contributed by atoms with Crippen LogP contribution in [0.15, 0.2) is 46.9 Å². The van der Waals surface area contributed by atoms with Gasteiger partial charge in [0.1, 0.15) is 30.5 Å². The summed E-state index contributed by atoms with van der Waals surface area (Å²) in [5, 5.41) is 15.7. The number of halogens is 8. The van der Waals surface area contributed by atoms with Gasteiger partial charge in [0.05, 0.1) is 33.1 Å². The van der Waals surface area contributed by atoms with E-state index in [-0.39, 0.29) is 44.7 Å². The number of fused-ring (bicyclic) bond motifs is 1. The van der Waals surface area contributed by atoms with Crippen LogP contribution >= 0.6 is 11.6 Å². The monoisotopic (exact) mass is 683 g/mol. The molecule has 0 atom stereocenters. The average molecular weight is 684 g/mol. The molecule has 0 unspecified atom stereocenters. The maximum Gasteiger partial charge on any atom is 0.405 e. The van der Waals surface area contributed by atoms with Crippen molar-refractivity contribution in [2.45, 2.75) is 32.6 Å². The smallest absolute Gasteiger partial charge is 0.405 e. The third kappa shape index (κ3) is 8.31. The van der Waals surface area contributed by atoms with E-state index in [1.807, 2.05) is 6.07 Å². The molecule has 248 valence electrons. The summed E-state index contributed by atoms with van der Waals surface area (Å²) in [7, 11) is 1.32. The number of nitrogens with one attached hydrogen (secondary N) is 3. The van der Waals surface area contributed by atoms with Crippen molar-refractivity contribution >= 4 is 45.9 Å². The Kier molecular flexibility index (Phi) is 9.77. The number of nitrogens with zero attached hydrogens (tertiary/aromatic N) is 2. The zero-order valence-corrected chi connectivity index (χ0v) is 25.6. The van der Waals surface area contributed by atoms with Gasteiger partial charge in [0.15, 0.2) is 5.78 Å². The molecule has 4 rings (SSSR count). The number of aromatic nitrogens is 1. The Morgan fingerprint density at radius 1 is 0.957 bits per heavy atom. The number of hydrogen-bond donors (Lipinski definition) is 3. The van der Waals surface area contributed by atoms with Gasteiger partial charge in [0.25, 0.3) is 5.91 Å². The Labute approximate surface area is 267 Å². The van der Waals surface area contributed by atoms with Crippen molar-refractivity contribution in [1.29, 1.82) is 5.26 Å². The molecule has 0 radical (unpaired) electrons. The Bertz CT molecular complexity index is 1880. The van der Waals surface area contributed by atoms with Gasteiger partial charge in [0, 0.05) is 30.2 Å². The number of amides is 1. The lowest BCUT2D eigenvalue weighted by Crippen LogP contribution is -2.23. The van der Waals surface area contributed by atoms with Crippen molar-refractivity contribution in [3.05, 3.63) is 64.4 Å². The largest absolute Gasteiger partial charge is 0.437 e. The highest BCUT2D eigenvalue weighted by atomic mass is 35.5. The van der Waals surface area contributed by atoms with Crippen LogP contribution in [0.4, 0.5) is 42.2 Å². The lowest BCUT2D eigenvalue weighted by molar-refractivity contribution is -0.116. The van der Waals surface area contributed by atoms with Crippen molar-refractivity contribution in [2.75, 3.05) is 30.8 Å². The number of pyridine rings is 1. The van der Waals surface area contributed by atoms with E-state index in [1.54, 1.807) is 0 Å². The first-order valence-electron chi connectivity index (χ1n) is 13.7. The number of carbonyl (C=O) groups is 2. The quantitative estimate of drug-likeness (QED) is 0.113. The molecule has 0 aliphatic rings. The van der Waals surface area contributed by atoms with Crippen molar-refractivity contribution in [3.8, 4) is 28.5 Å². The first-order valence-corrected chi connectivity index (χ1v) is 14.1. The van der Waals surface area contributed by atoms with Crippen molar-refractivity contribution in [1.82, 2.24) is 10.3 Å². The van der Waals surface area contributed by atoms with Gasteiger partial charge in [-0.2, -0.15) is 36.6 Å². The number of carbonyl (C=O) groups excluding carboxylic acids is 2. The first-order chi connectivity index (χ1) is 21.8. The number of anilines is 2. The minimum Gasteiger partial charge on any atom is -0.437 e. The number of rotatable bonds is 10. The SMILES string of the molecule is CNC(=O)c1c(-c2ccc(F)cc2)oc2nc(NCC(F)(F)F)c(-c3cc(Cl)c(NCC(F)(F)F)c(C(=O)CC(C)(C)C#N)c3)cc12. The molecule has 3 N–H and O–H groups in total. The zero-order chi connectivity index (χ0) is 34.9. The molecule has 47 heavy (non-hydrogen) atoms. The fourth-order valence-electron chi connectivity index (χ4n) is 4.60. The van der Waals surface area contributed by atoms with Crippen molar-refractivity contribution in [2.24, 2.45) is 5.41 Å². The van der Waals surface area contributed by atoms with E-state index in [0.717, 1.165) is 24.3 Å². The Morgan fingerprint density at radius 2 is 1.57 bits per heavy atom. The number of furan rings is 1. The van der Waals surface area contributed by atoms with Crippen molar-refractivity contribution < 1.29 is 44.7 Å². The van der Waals surface area contributed by atoms with E-state index in [9.17, 15) is 45.6 Å². The van der Waals surface area contributed by atoms with E-state index in [1.165, 1.54) is 39.1 Å². The van der Waals surface area contributed by atoms with Gasteiger partial charge in [-0.15, -0.1) is 0 Å². The Hall–Kier alpha value is -4.84. The summed E-state index contributed by atoms with van der Waals surface area (Å²) in [6.07, 6.45) is -9.88. The molecule has 4 aromatic rings. The van der Waals surface area contributed by atoms with Crippen molar-refractivity contribution in [3.63, 3.8) is 0 Å². The lowest BCUT2D eigenvalue weighted by atomic mass is 9.86. The maximum absolute atomic E-state index is 13.6. The van der Waals surface area contributed by atoms with Crippen LogP contribution in [-0.4, -0.2) is 49.2 Å². The molecule has 2 aromatic carbocycles. The van der Waals surface area contributed by atoms with Gasteiger partial charge in [-0.1, -0.05) is 11.6 Å². The summed E-state index contributed by atoms with van der Waals surface area (Å²) in [6, 6.07) is 10.3. The molecule has 0 aliphatic heterocycles.